The number of nitrogens with one attached hydrogen (secondary N) is 2. The minimum atomic E-state index is -0.940. The van der Waals surface area contributed by atoms with E-state index in [1.54, 1.807) is 6.07 Å². The molecule has 6 heteroatoms. The van der Waals surface area contributed by atoms with Gasteiger partial charge in [0.15, 0.2) is 0 Å². The van der Waals surface area contributed by atoms with Gasteiger partial charge in [0.25, 0.3) is 0 Å². The van der Waals surface area contributed by atoms with Crippen LogP contribution in [-0.4, -0.2) is 23.7 Å². The van der Waals surface area contributed by atoms with E-state index >= 15 is 0 Å². The Bertz CT molecular complexity index is 435. The summed E-state index contributed by atoms with van der Waals surface area (Å²) < 4.78 is 0.937. The molecule has 5 nitrogen and oxygen atoms in total. The Morgan fingerprint density at radius 2 is 2.12 bits per heavy atom. The minimum absolute atomic E-state index is 0.0905. The molecule has 17 heavy (non-hydrogen) atoms. The fraction of sp³-hybridized carbons (Fsp3) is 0.273. The van der Waals surface area contributed by atoms with Crippen molar-refractivity contribution >= 4 is 33.6 Å². The summed E-state index contributed by atoms with van der Waals surface area (Å²) in [5.41, 5.74) is 1.62. The van der Waals surface area contributed by atoms with Crippen molar-refractivity contribution in [1.82, 2.24) is 5.32 Å². The molecular weight excluding hydrogens is 288 g/mol. The topological polar surface area (TPSA) is 78.4 Å². The van der Waals surface area contributed by atoms with Gasteiger partial charge < -0.3 is 15.7 Å². The van der Waals surface area contributed by atoms with Gasteiger partial charge >= 0.3 is 12.0 Å². The summed E-state index contributed by atoms with van der Waals surface area (Å²) in [6.07, 6.45) is -0.0905. The van der Waals surface area contributed by atoms with Gasteiger partial charge in [-0.15, -0.1) is 0 Å². The number of aliphatic carboxylic acids is 1. The number of carboxylic acid groups (broad SMARTS) is 1. The third-order valence-corrected chi connectivity index (χ3v) is 2.55. The number of carbonyl (C=O) groups is 2. The van der Waals surface area contributed by atoms with Crippen LogP contribution in [0.2, 0.25) is 0 Å². The predicted octanol–water partition coefficient (Wildman–Crippen LogP) is 2.35. The molecule has 0 aliphatic heterocycles. The molecule has 92 valence electrons. The zero-order valence-corrected chi connectivity index (χ0v) is 10.9. The quantitative estimate of drug-likeness (QED) is 0.799. The molecule has 3 N–H and O–H groups in total. The van der Waals surface area contributed by atoms with E-state index in [-0.39, 0.29) is 13.0 Å². The molecule has 0 heterocycles. The summed E-state index contributed by atoms with van der Waals surface area (Å²) in [6.45, 7) is 1.98. The second-order valence-electron chi connectivity index (χ2n) is 3.48. The Hall–Kier alpha value is -1.56. The number of halogens is 1. The van der Waals surface area contributed by atoms with E-state index in [9.17, 15) is 9.59 Å². The highest BCUT2D eigenvalue weighted by Gasteiger charge is 2.05. The maximum atomic E-state index is 11.4. The van der Waals surface area contributed by atoms with Crippen molar-refractivity contribution in [1.29, 1.82) is 0 Å². The van der Waals surface area contributed by atoms with Gasteiger partial charge in [-0.25, -0.2) is 4.79 Å². The summed E-state index contributed by atoms with van der Waals surface area (Å²) in [5.74, 6) is -0.940. The summed E-state index contributed by atoms with van der Waals surface area (Å²) in [5, 5.41) is 13.5. The molecule has 0 aromatic heterocycles. The van der Waals surface area contributed by atoms with Gasteiger partial charge in [-0.1, -0.05) is 15.9 Å². The van der Waals surface area contributed by atoms with E-state index < -0.39 is 12.0 Å². The molecule has 0 bridgehead atoms. The molecule has 0 aliphatic rings. The summed E-state index contributed by atoms with van der Waals surface area (Å²) in [6, 6.07) is 5.07. The Labute approximate surface area is 107 Å². The molecule has 1 aromatic rings. The van der Waals surface area contributed by atoms with Crippen LogP contribution in [0.4, 0.5) is 10.5 Å². The standard InChI is InChI=1S/C11H13BrN2O3/c1-7-6-8(12)2-3-9(7)14-11(17)13-5-4-10(15)16/h2-3,6H,4-5H2,1H3,(H,15,16)(H2,13,14,17). The zero-order valence-electron chi connectivity index (χ0n) is 9.29. The van der Waals surface area contributed by atoms with Crippen molar-refractivity contribution in [2.24, 2.45) is 0 Å². The van der Waals surface area contributed by atoms with E-state index in [0.717, 1.165) is 10.0 Å². The highest BCUT2D eigenvalue weighted by Crippen LogP contribution is 2.19. The molecule has 0 radical (unpaired) electrons. The van der Waals surface area contributed by atoms with E-state index in [1.165, 1.54) is 0 Å². The summed E-state index contributed by atoms with van der Waals surface area (Å²) >= 11 is 3.33. The van der Waals surface area contributed by atoms with Gasteiger partial charge in [-0.2, -0.15) is 0 Å². The van der Waals surface area contributed by atoms with Crippen molar-refractivity contribution in [2.75, 3.05) is 11.9 Å². The number of hydrogen-bond donors (Lipinski definition) is 3. The van der Waals surface area contributed by atoms with Crippen LogP contribution >= 0.6 is 15.9 Å². The molecular formula is C11H13BrN2O3. The van der Waals surface area contributed by atoms with Crippen LogP contribution in [0.25, 0.3) is 0 Å². The number of rotatable bonds is 4. The highest BCUT2D eigenvalue weighted by atomic mass is 79.9. The van der Waals surface area contributed by atoms with Gasteiger partial charge in [0.05, 0.1) is 6.42 Å². The number of hydrogen-bond acceptors (Lipinski definition) is 2. The summed E-state index contributed by atoms with van der Waals surface area (Å²) in [4.78, 5) is 21.7. The van der Waals surface area contributed by atoms with Crippen LogP contribution in [-0.2, 0) is 4.79 Å². The average molecular weight is 301 g/mol. The zero-order chi connectivity index (χ0) is 12.8. The molecule has 0 saturated carbocycles. The number of carbonyl (C=O) groups excluding carboxylic acids is 1. The van der Waals surface area contributed by atoms with Gasteiger partial charge in [0.1, 0.15) is 0 Å². The van der Waals surface area contributed by atoms with Crippen LogP contribution in [0.1, 0.15) is 12.0 Å². The molecule has 1 aromatic carbocycles. The second-order valence-corrected chi connectivity index (χ2v) is 4.40. The number of urea groups is 1. The number of carboxylic acids is 1. The number of anilines is 1. The van der Waals surface area contributed by atoms with Gasteiger partial charge in [0, 0.05) is 16.7 Å². The smallest absolute Gasteiger partial charge is 0.319 e. The van der Waals surface area contributed by atoms with Crippen molar-refractivity contribution in [3.63, 3.8) is 0 Å². The fourth-order valence-electron chi connectivity index (χ4n) is 1.22. The molecule has 0 fully saturated rings. The Kier molecular flexibility index (Phi) is 4.96. The van der Waals surface area contributed by atoms with Crippen molar-refractivity contribution < 1.29 is 14.7 Å². The maximum absolute atomic E-state index is 11.4. The van der Waals surface area contributed by atoms with Crippen LogP contribution in [0, 0.1) is 6.92 Å². The van der Waals surface area contributed by atoms with Crippen molar-refractivity contribution in [3.8, 4) is 0 Å². The molecule has 1 rings (SSSR count). The van der Waals surface area contributed by atoms with E-state index in [0.29, 0.717) is 5.69 Å². The lowest BCUT2D eigenvalue weighted by molar-refractivity contribution is -0.136. The van der Waals surface area contributed by atoms with Crippen LogP contribution in [0.5, 0.6) is 0 Å². The normalized spacial score (nSPS) is 9.76. The van der Waals surface area contributed by atoms with E-state index in [2.05, 4.69) is 26.6 Å². The highest BCUT2D eigenvalue weighted by molar-refractivity contribution is 9.10. The molecule has 0 unspecified atom stereocenters. The molecule has 0 atom stereocenters. The average Bonchev–Trinajstić information content (AvgIpc) is 2.21. The maximum Gasteiger partial charge on any atom is 0.319 e. The lowest BCUT2D eigenvalue weighted by atomic mass is 10.2. The Morgan fingerprint density at radius 1 is 1.41 bits per heavy atom. The monoisotopic (exact) mass is 300 g/mol. The largest absolute Gasteiger partial charge is 0.481 e. The second kappa shape index (κ2) is 6.24. The first-order chi connectivity index (χ1) is 7.99. The van der Waals surface area contributed by atoms with Gasteiger partial charge in [-0.05, 0) is 30.7 Å². The fourth-order valence-corrected chi connectivity index (χ4v) is 1.69. The Morgan fingerprint density at radius 3 is 2.71 bits per heavy atom. The SMILES string of the molecule is Cc1cc(Br)ccc1NC(=O)NCCC(=O)O. The van der Waals surface area contributed by atoms with Crippen molar-refractivity contribution in [3.05, 3.63) is 28.2 Å². The molecule has 0 aliphatic carbocycles. The molecule has 2 amide bonds. The van der Waals surface area contributed by atoms with Gasteiger partial charge in [-0.3, -0.25) is 4.79 Å². The van der Waals surface area contributed by atoms with Crippen LogP contribution in [0.15, 0.2) is 22.7 Å². The first-order valence-electron chi connectivity index (χ1n) is 5.02. The molecule has 0 spiro atoms. The van der Waals surface area contributed by atoms with Gasteiger partial charge in [0.2, 0.25) is 0 Å². The number of amides is 2. The third kappa shape index (κ3) is 4.86. The van der Waals surface area contributed by atoms with Crippen LogP contribution < -0.4 is 10.6 Å². The Balaban J connectivity index is 2.48. The first-order valence-corrected chi connectivity index (χ1v) is 5.81. The van der Waals surface area contributed by atoms with Crippen molar-refractivity contribution in [2.45, 2.75) is 13.3 Å². The minimum Gasteiger partial charge on any atom is -0.481 e. The first kappa shape index (κ1) is 13.5. The summed E-state index contributed by atoms with van der Waals surface area (Å²) in [7, 11) is 0. The predicted molar refractivity (Wildman–Crippen MR) is 68.2 cm³/mol. The number of aryl methyl sites for hydroxylation is 1. The van der Waals surface area contributed by atoms with Crippen LogP contribution in [0.3, 0.4) is 0 Å². The molecule has 0 saturated heterocycles. The lowest BCUT2D eigenvalue weighted by Gasteiger charge is -2.09. The van der Waals surface area contributed by atoms with E-state index in [1.807, 2.05) is 19.1 Å². The lowest BCUT2D eigenvalue weighted by Crippen LogP contribution is -2.30. The number of benzene rings is 1. The van der Waals surface area contributed by atoms with E-state index in [4.69, 9.17) is 5.11 Å². The third-order valence-electron chi connectivity index (χ3n) is 2.06.